The number of carbonyl (C=O) groups is 1. The summed E-state index contributed by atoms with van der Waals surface area (Å²) in [6.07, 6.45) is 2.81. The summed E-state index contributed by atoms with van der Waals surface area (Å²) in [5.74, 6) is -0.164. The smallest absolute Gasteiger partial charge is 0.264 e. The molecule has 1 amide bonds. The fourth-order valence-electron chi connectivity index (χ4n) is 2.21. The molecule has 3 heterocycles. The van der Waals surface area contributed by atoms with Gasteiger partial charge in [0.05, 0.1) is 11.9 Å². The van der Waals surface area contributed by atoms with E-state index < -0.39 is 5.91 Å². The topological polar surface area (TPSA) is 108 Å². The van der Waals surface area contributed by atoms with Crippen molar-refractivity contribution in [2.24, 2.45) is 0 Å². The van der Waals surface area contributed by atoms with Crippen LogP contribution in [0.1, 0.15) is 25.6 Å². The van der Waals surface area contributed by atoms with Crippen LogP contribution in [0.15, 0.2) is 27.9 Å². The first-order chi connectivity index (χ1) is 11.0. The van der Waals surface area contributed by atoms with Crippen LogP contribution < -0.4 is 10.9 Å². The predicted octanol–water partition coefficient (Wildman–Crippen LogP) is 1.11. The van der Waals surface area contributed by atoms with Crippen molar-refractivity contribution in [3.8, 4) is 0 Å². The number of hydrogen-bond donors (Lipinski definition) is 1. The van der Waals surface area contributed by atoms with Gasteiger partial charge in [-0.15, -0.1) is 0 Å². The predicted molar refractivity (Wildman–Crippen MR) is 82.0 cm³/mol. The number of carbonyl (C=O) groups excluding carboxylic acids is 1. The fourth-order valence-corrected chi connectivity index (χ4v) is 2.21. The van der Waals surface area contributed by atoms with Gasteiger partial charge in [-0.2, -0.15) is 5.10 Å². The van der Waals surface area contributed by atoms with Crippen molar-refractivity contribution in [3.05, 3.63) is 34.6 Å². The van der Waals surface area contributed by atoms with Crippen LogP contribution in [0.25, 0.3) is 11.0 Å². The van der Waals surface area contributed by atoms with Gasteiger partial charge in [-0.25, -0.2) is 9.67 Å². The number of rotatable bonds is 4. The lowest BCUT2D eigenvalue weighted by molar-refractivity contribution is -0.116. The molecule has 0 aromatic carbocycles. The molecule has 0 atom stereocenters. The lowest BCUT2D eigenvalue weighted by Gasteiger charge is -2.07. The van der Waals surface area contributed by atoms with Gasteiger partial charge in [0.2, 0.25) is 11.8 Å². The summed E-state index contributed by atoms with van der Waals surface area (Å²) in [5, 5.41) is 10.7. The molecule has 0 aliphatic rings. The monoisotopic (exact) mass is 316 g/mol. The van der Waals surface area contributed by atoms with Crippen molar-refractivity contribution in [2.45, 2.75) is 33.4 Å². The zero-order valence-corrected chi connectivity index (χ0v) is 13.0. The standard InChI is InChI=1S/C14H16N6O3/c1-8(2)20-13-10(5-16-20)14(22)19(7-15-13)6-11(21)17-12-4-9(3)18-23-12/h4-5,7-8H,6H2,1-3H3,(H,17,21). The van der Waals surface area contributed by atoms with Crippen molar-refractivity contribution in [2.75, 3.05) is 5.32 Å². The average Bonchev–Trinajstić information content (AvgIpc) is 3.08. The number of hydrogen-bond acceptors (Lipinski definition) is 6. The number of anilines is 1. The Kier molecular flexibility index (Phi) is 3.68. The number of fused-ring (bicyclic) bond motifs is 1. The highest BCUT2D eigenvalue weighted by atomic mass is 16.5. The lowest BCUT2D eigenvalue weighted by atomic mass is 10.4. The first kappa shape index (κ1) is 14.9. The van der Waals surface area contributed by atoms with Crippen LogP contribution in [0.3, 0.4) is 0 Å². The van der Waals surface area contributed by atoms with Crippen LogP contribution in [0, 0.1) is 6.92 Å². The van der Waals surface area contributed by atoms with Crippen LogP contribution in [0.2, 0.25) is 0 Å². The van der Waals surface area contributed by atoms with E-state index in [4.69, 9.17) is 4.52 Å². The minimum atomic E-state index is -0.402. The maximum atomic E-state index is 12.4. The van der Waals surface area contributed by atoms with Crippen molar-refractivity contribution in [3.63, 3.8) is 0 Å². The summed E-state index contributed by atoms with van der Waals surface area (Å²) >= 11 is 0. The van der Waals surface area contributed by atoms with Gasteiger partial charge in [0.1, 0.15) is 18.3 Å². The van der Waals surface area contributed by atoms with E-state index in [9.17, 15) is 9.59 Å². The summed E-state index contributed by atoms with van der Waals surface area (Å²) < 4.78 is 7.80. The SMILES string of the molecule is Cc1cc(NC(=O)Cn2cnc3c(cnn3C(C)C)c2=O)on1. The molecule has 0 bridgehead atoms. The van der Waals surface area contributed by atoms with E-state index in [-0.39, 0.29) is 24.0 Å². The summed E-state index contributed by atoms with van der Waals surface area (Å²) in [6.45, 7) is 5.47. The first-order valence-electron chi connectivity index (χ1n) is 7.11. The molecular formula is C14H16N6O3. The van der Waals surface area contributed by atoms with E-state index in [0.717, 1.165) is 0 Å². The number of nitrogens with one attached hydrogen (secondary N) is 1. The molecular weight excluding hydrogens is 300 g/mol. The normalized spacial score (nSPS) is 11.3. The molecule has 120 valence electrons. The van der Waals surface area contributed by atoms with Crippen molar-refractivity contribution in [1.29, 1.82) is 0 Å². The van der Waals surface area contributed by atoms with Gasteiger partial charge in [0.25, 0.3) is 5.56 Å². The van der Waals surface area contributed by atoms with Crippen LogP contribution in [-0.2, 0) is 11.3 Å². The molecule has 23 heavy (non-hydrogen) atoms. The lowest BCUT2D eigenvalue weighted by Crippen LogP contribution is -2.27. The largest absolute Gasteiger partial charge is 0.338 e. The summed E-state index contributed by atoms with van der Waals surface area (Å²) in [7, 11) is 0. The van der Waals surface area contributed by atoms with E-state index in [1.807, 2.05) is 13.8 Å². The van der Waals surface area contributed by atoms with Gasteiger partial charge in [-0.3, -0.25) is 19.5 Å². The Balaban J connectivity index is 1.84. The summed E-state index contributed by atoms with van der Waals surface area (Å²) in [4.78, 5) is 28.6. The van der Waals surface area contributed by atoms with Gasteiger partial charge in [-0.1, -0.05) is 5.16 Å². The highest BCUT2D eigenvalue weighted by Gasteiger charge is 2.14. The molecule has 0 aliphatic heterocycles. The Morgan fingerprint density at radius 3 is 2.87 bits per heavy atom. The van der Waals surface area contributed by atoms with Gasteiger partial charge in [0, 0.05) is 12.1 Å². The minimum absolute atomic E-state index is 0.0910. The average molecular weight is 316 g/mol. The first-order valence-corrected chi connectivity index (χ1v) is 7.11. The molecule has 3 rings (SSSR count). The third-order valence-electron chi connectivity index (χ3n) is 3.27. The second-order valence-electron chi connectivity index (χ2n) is 5.48. The van der Waals surface area contributed by atoms with Crippen molar-refractivity contribution >= 4 is 22.8 Å². The van der Waals surface area contributed by atoms with Gasteiger partial charge >= 0.3 is 0 Å². The molecule has 0 spiro atoms. The fraction of sp³-hybridized carbons (Fsp3) is 0.357. The number of aromatic nitrogens is 5. The summed E-state index contributed by atoms with van der Waals surface area (Å²) in [6, 6.07) is 1.68. The Morgan fingerprint density at radius 2 is 2.22 bits per heavy atom. The van der Waals surface area contributed by atoms with Crippen LogP contribution in [-0.4, -0.2) is 30.4 Å². The van der Waals surface area contributed by atoms with Gasteiger partial charge in [0.15, 0.2) is 5.65 Å². The maximum Gasteiger partial charge on any atom is 0.264 e. The molecule has 0 radical (unpaired) electrons. The molecule has 0 saturated carbocycles. The van der Waals surface area contributed by atoms with Crippen molar-refractivity contribution < 1.29 is 9.32 Å². The molecule has 0 aliphatic carbocycles. The quantitative estimate of drug-likeness (QED) is 0.772. The number of amides is 1. The second-order valence-corrected chi connectivity index (χ2v) is 5.48. The molecule has 1 N–H and O–H groups in total. The Labute approximate surface area is 130 Å². The van der Waals surface area contributed by atoms with E-state index in [1.165, 1.54) is 17.1 Å². The van der Waals surface area contributed by atoms with Crippen LogP contribution >= 0.6 is 0 Å². The Morgan fingerprint density at radius 1 is 1.43 bits per heavy atom. The molecule has 3 aromatic rings. The molecule has 0 unspecified atom stereocenters. The number of aryl methyl sites for hydroxylation is 1. The molecule has 0 fully saturated rings. The van der Waals surface area contributed by atoms with Crippen molar-refractivity contribution in [1.82, 2.24) is 24.5 Å². The second kappa shape index (κ2) is 5.67. The summed E-state index contributed by atoms with van der Waals surface area (Å²) in [5.41, 5.74) is 0.847. The highest BCUT2D eigenvalue weighted by molar-refractivity contribution is 5.89. The van der Waals surface area contributed by atoms with Crippen LogP contribution in [0.5, 0.6) is 0 Å². The third kappa shape index (κ3) is 2.85. The van der Waals surface area contributed by atoms with E-state index in [0.29, 0.717) is 16.7 Å². The van der Waals surface area contributed by atoms with E-state index in [1.54, 1.807) is 17.7 Å². The highest BCUT2D eigenvalue weighted by Crippen LogP contribution is 2.12. The van der Waals surface area contributed by atoms with Gasteiger partial charge < -0.3 is 4.52 Å². The maximum absolute atomic E-state index is 12.4. The van der Waals surface area contributed by atoms with E-state index in [2.05, 4.69) is 20.6 Å². The molecule has 9 nitrogen and oxygen atoms in total. The Hall–Kier alpha value is -2.97. The molecule has 3 aromatic heterocycles. The zero-order valence-electron chi connectivity index (χ0n) is 13.0. The molecule has 0 saturated heterocycles. The van der Waals surface area contributed by atoms with Gasteiger partial charge in [-0.05, 0) is 20.8 Å². The third-order valence-corrected chi connectivity index (χ3v) is 3.27. The Bertz CT molecular complexity index is 920. The number of nitrogens with zero attached hydrogens (tertiary/aromatic N) is 5. The minimum Gasteiger partial charge on any atom is -0.338 e. The van der Waals surface area contributed by atoms with Crippen LogP contribution in [0.4, 0.5) is 5.88 Å². The van der Waals surface area contributed by atoms with E-state index >= 15 is 0 Å². The zero-order chi connectivity index (χ0) is 16.6. The molecule has 9 heteroatoms.